The molecule has 2 N–H and O–H groups in total. The number of anilines is 1. The number of halogens is 2. The number of aromatic hydroxyl groups is 1. The predicted molar refractivity (Wildman–Crippen MR) is 92.2 cm³/mol. The van der Waals surface area contributed by atoms with E-state index in [0.717, 1.165) is 8.95 Å². The van der Waals surface area contributed by atoms with Crippen molar-refractivity contribution in [2.45, 2.75) is 0 Å². The quantitative estimate of drug-likeness (QED) is 0.567. The number of nitrogens with one attached hydrogen (secondary N) is 1. The Hall–Kier alpha value is -2.10. The molecule has 6 heteroatoms. The largest absolute Gasteiger partial charge is 0.507 e. The first-order valence-corrected chi connectivity index (χ1v) is 7.75. The first-order chi connectivity index (χ1) is 10.5. The second-order valence-electron chi connectivity index (χ2n) is 4.33. The monoisotopic (exact) mass is 420 g/mol. The van der Waals surface area contributed by atoms with E-state index in [-0.39, 0.29) is 11.3 Å². The molecule has 0 radical (unpaired) electrons. The van der Waals surface area contributed by atoms with E-state index < -0.39 is 5.91 Å². The van der Waals surface area contributed by atoms with Crippen molar-refractivity contribution in [1.82, 2.24) is 0 Å². The summed E-state index contributed by atoms with van der Waals surface area (Å²) in [5.41, 5.74) is 0.862. The van der Waals surface area contributed by atoms with Crippen molar-refractivity contribution in [2.24, 2.45) is 0 Å². The van der Waals surface area contributed by atoms with Crippen LogP contribution in [0.15, 0.2) is 57.0 Å². The maximum Gasteiger partial charge on any atom is 0.266 e. The second-order valence-corrected chi connectivity index (χ2v) is 6.17. The van der Waals surface area contributed by atoms with E-state index in [1.54, 1.807) is 36.4 Å². The smallest absolute Gasteiger partial charge is 0.266 e. The Morgan fingerprint density at radius 1 is 1.14 bits per heavy atom. The molecule has 2 aromatic carbocycles. The Kier molecular flexibility index (Phi) is 5.36. The minimum absolute atomic E-state index is 0.00704. The molecule has 0 aliphatic carbocycles. The van der Waals surface area contributed by atoms with E-state index in [1.165, 1.54) is 12.1 Å². The topological polar surface area (TPSA) is 73.1 Å². The Labute approximate surface area is 144 Å². The minimum atomic E-state index is -0.538. The number of carbonyl (C=O) groups excluding carboxylic acids is 1. The molecule has 0 heterocycles. The summed E-state index contributed by atoms with van der Waals surface area (Å²) in [6, 6.07) is 13.6. The number of nitrogens with zero attached hydrogens (tertiary/aromatic N) is 1. The van der Waals surface area contributed by atoms with E-state index in [2.05, 4.69) is 37.2 Å². The van der Waals surface area contributed by atoms with Crippen LogP contribution in [0.5, 0.6) is 5.75 Å². The average molecular weight is 422 g/mol. The molecule has 0 saturated heterocycles. The van der Waals surface area contributed by atoms with Crippen LogP contribution in [0.25, 0.3) is 6.08 Å². The lowest BCUT2D eigenvalue weighted by Gasteiger charge is -2.05. The van der Waals surface area contributed by atoms with Crippen molar-refractivity contribution in [3.8, 4) is 11.8 Å². The van der Waals surface area contributed by atoms with Crippen LogP contribution in [0.4, 0.5) is 5.69 Å². The van der Waals surface area contributed by atoms with Crippen LogP contribution in [0.1, 0.15) is 5.56 Å². The Morgan fingerprint density at radius 2 is 1.77 bits per heavy atom. The van der Waals surface area contributed by atoms with Crippen molar-refractivity contribution < 1.29 is 9.90 Å². The van der Waals surface area contributed by atoms with Gasteiger partial charge in [-0.25, -0.2) is 0 Å². The van der Waals surface area contributed by atoms with Crippen molar-refractivity contribution in [3.63, 3.8) is 0 Å². The van der Waals surface area contributed by atoms with Crippen LogP contribution in [0.2, 0.25) is 0 Å². The number of hydrogen-bond acceptors (Lipinski definition) is 3. The summed E-state index contributed by atoms with van der Waals surface area (Å²) in [6.07, 6.45) is 1.34. The summed E-state index contributed by atoms with van der Waals surface area (Å²) >= 11 is 6.58. The number of nitriles is 1. The lowest BCUT2D eigenvalue weighted by molar-refractivity contribution is -0.112. The summed E-state index contributed by atoms with van der Waals surface area (Å²) < 4.78 is 1.63. The molecule has 0 fully saturated rings. The Morgan fingerprint density at radius 3 is 2.41 bits per heavy atom. The second kappa shape index (κ2) is 7.25. The van der Waals surface area contributed by atoms with Gasteiger partial charge in [-0.3, -0.25) is 4.79 Å². The molecular weight excluding hydrogens is 412 g/mol. The Bertz CT molecular complexity index is 778. The van der Waals surface area contributed by atoms with Gasteiger partial charge in [0.2, 0.25) is 0 Å². The lowest BCUT2D eigenvalue weighted by atomic mass is 10.1. The molecule has 4 nitrogen and oxygen atoms in total. The van der Waals surface area contributed by atoms with Gasteiger partial charge in [-0.15, -0.1) is 0 Å². The fourth-order valence-electron chi connectivity index (χ4n) is 1.68. The number of amides is 1. The number of phenols is 1. The third kappa shape index (κ3) is 4.20. The molecule has 0 spiro atoms. The first-order valence-electron chi connectivity index (χ1n) is 6.17. The highest BCUT2D eigenvalue weighted by molar-refractivity contribution is 9.10. The van der Waals surface area contributed by atoms with Crippen LogP contribution in [-0.2, 0) is 4.79 Å². The summed E-state index contributed by atoms with van der Waals surface area (Å²) in [6.45, 7) is 0. The van der Waals surface area contributed by atoms with Crippen molar-refractivity contribution in [3.05, 3.63) is 62.5 Å². The highest BCUT2D eigenvalue weighted by Gasteiger charge is 2.11. The van der Waals surface area contributed by atoms with Crippen LogP contribution >= 0.6 is 31.9 Å². The number of rotatable bonds is 3. The van der Waals surface area contributed by atoms with Crippen molar-refractivity contribution in [1.29, 1.82) is 5.26 Å². The first kappa shape index (κ1) is 16.3. The van der Waals surface area contributed by atoms with Crippen molar-refractivity contribution >= 4 is 49.5 Å². The van der Waals surface area contributed by atoms with Gasteiger partial charge in [-0.2, -0.15) is 5.26 Å². The van der Waals surface area contributed by atoms with E-state index in [4.69, 9.17) is 5.26 Å². The molecule has 0 unspecified atom stereocenters. The molecule has 0 atom stereocenters. The summed E-state index contributed by atoms with van der Waals surface area (Å²) in [4.78, 5) is 12.1. The normalized spacial score (nSPS) is 10.9. The lowest BCUT2D eigenvalue weighted by Crippen LogP contribution is -2.13. The van der Waals surface area contributed by atoms with E-state index in [1.807, 2.05) is 6.07 Å². The van der Waals surface area contributed by atoms with Gasteiger partial charge < -0.3 is 10.4 Å². The molecular formula is C16H10Br2N2O2. The van der Waals surface area contributed by atoms with Crippen molar-refractivity contribution in [2.75, 3.05) is 5.32 Å². The van der Waals surface area contributed by atoms with Crippen LogP contribution < -0.4 is 5.32 Å². The summed E-state index contributed by atoms with van der Waals surface area (Å²) in [5.74, 6) is -0.545. The summed E-state index contributed by atoms with van der Waals surface area (Å²) in [7, 11) is 0. The molecule has 0 saturated carbocycles. The van der Waals surface area contributed by atoms with Gasteiger partial charge >= 0.3 is 0 Å². The predicted octanol–water partition coefficient (Wildman–Crippen LogP) is 4.46. The van der Waals surface area contributed by atoms with Gasteiger partial charge in [0.25, 0.3) is 5.91 Å². The molecule has 2 aromatic rings. The number of benzene rings is 2. The molecule has 110 valence electrons. The fourth-order valence-corrected chi connectivity index (χ4v) is 2.32. The Balaban J connectivity index is 2.25. The molecule has 0 aromatic heterocycles. The van der Waals surface area contributed by atoms with Crippen LogP contribution in [0, 0.1) is 11.3 Å². The van der Waals surface area contributed by atoms with Crippen LogP contribution in [-0.4, -0.2) is 11.0 Å². The molecule has 1 amide bonds. The zero-order valence-corrected chi connectivity index (χ0v) is 14.3. The standard InChI is InChI=1S/C16H10Br2N2O2/c17-12-1-4-14(5-2-12)20-16(22)11(9-19)7-10-8-13(18)3-6-15(10)21/h1-8,21H,(H,20,22)/b11-7+. The van der Waals surface area contributed by atoms with Gasteiger partial charge in [-0.05, 0) is 48.5 Å². The number of hydrogen-bond donors (Lipinski definition) is 2. The zero-order valence-electron chi connectivity index (χ0n) is 11.2. The molecule has 0 aliphatic rings. The zero-order chi connectivity index (χ0) is 16.1. The molecule has 0 aliphatic heterocycles. The SMILES string of the molecule is N#C/C(=C\c1cc(Br)ccc1O)C(=O)Nc1ccc(Br)cc1. The highest BCUT2D eigenvalue weighted by atomic mass is 79.9. The van der Waals surface area contributed by atoms with Gasteiger partial charge in [-0.1, -0.05) is 31.9 Å². The van der Waals surface area contributed by atoms with Gasteiger partial charge in [0.1, 0.15) is 17.4 Å². The third-order valence-corrected chi connectivity index (χ3v) is 3.78. The highest BCUT2D eigenvalue weighted by Crippen LogP contribution is 2.24. The van der Waals surface area contributed by atoms with Gasteiger partial charge in [0, 0.05) is 20.2 Å². The number of carbonyl (C=O) groups is 1. The third-order valence-electron chi connectivity index (χ3n) is 2.76. The number of phenolic OH excluding ortho intramolecular Hbond substituents is 1. The molecule has 0 bridgehead atoms. The maximum atomic E-state index is 12.1. The van der Waals surface area contributed by atoms with E-state index in [0.29, 0.717) is 11.3 Å². The maximum absolute atomic E-state index is 12.1. The molecule has 2 rings (SSSR count). The van der Waals surface area contributed by atoms with E-state index in [9.17, 15) is 9.90 Å². The summed E-state index contributed by atoms with van der Waals surface area (Å²) in [5, 5.41) is 21.6. The van der Waals surface area contributed by atoms with E-state index >= 15 is 0 Å². The van der Waals surface area contributed by atoms with Gasteiger partial charge in [0.05, 0.1) is 0 Å². The minimum Gasteiger partial charge on any atom is -0.507 e. The average Bonchev–Trinajstić information content (AvgIpc) is 2.50. The molecule has 22 heavy (non-hydrogen) atoms. The van der Waals surface area contributed by atoms with Crippen LogP contribution in [0.3, 0.4) is 0 Å². The van der Waals surface area contributed by atoms with Gasteiger partial charge in [0.15, 0.2) is 0 Å². The fraction of sp³-hybridized carbons (Fsp3) is 0.